The zero-order valence-corrected chi connectivity index (χ0v) is 22.0. The highest BCUT2D eigenvalue weighted by Gasteiger charge is 2.43. The molecule has 0 aliphatic carbocycles. The first-order valence-corrected chi connectivity index (χ1v) is 13.3. The maximum atomic E-state index is 13.8. The Balaban J connectivity index is 1.29. The summed E-state index contributed by atoms with van der Waals surface area (Å²) >= 11 is 0. The van der Waals surface area contributed by atoms with Gasteiger partial charge in [-0.3, -0.25) is 9.69 Å². The number of nitrogens with zero attached hydrogens (tertiary/aromatic N) is 6. The molecule has 3 aliphatic heterocycles. The van der Waals surface area contributed by atoms with Crippen LogP contribution in [0.2, 0.25) is 0 Å². The first-order chi connectivity index (χ1) is 18.6. The normalized spacial score (nSPS) is 21.2. The van der Waals surface area contributed by atoms with Crippen LogP contribution in [-0.2, 0) is 42.9 Å². The number of ether oxygens (including phenoxy) is 1. The van der Waals surface area contributed by atoms with Gasteiger partial charge < -0.3 is 14.2 Å². The lowest BCUT2D eigenvalue weighted by Crippen LogP contribution is -2.49. The quantitative estimate of drug-likeness (QED) is 0.468. The molecule has 0 spiro atoms. The molecule has 0 unspecified atom stereocenters. The molecular formula is C28H31F3N6O2. The summed E-state index contributed by atoms with van der Waals surface area (Å²) in [6, 6.07) is 8.39. The predicted molar refractivity (Wildman–Crippen MR) is 137 cm³/mol. The highest BCUT2D eigenvalue weighted by molar-refractivity contribution is 6.10. The molecule has 0 saturated carbocycles. The van der Waals surface area contributed by atoms with Gasteiger partial charge in [-0.25, -0.2) is 4.98 Å². The molecule has 0 bridgehead atoms. The van der Waals surface area contributed by atoms with Crippen LogP contribution in [-0.4, -0.2) is 56.9 Å². The average molecular weight is 541 g/mol. The number of benzene rings is 1. The van der Waals surface area contributed by atoms with Gasteiger partial charge in [-0.15, -0.1) is 10.2 Å². The fourth-order valence-electron chi connectivity index (χ4n) is 5.94. The fourth-order valence-corrected chi connectivity index (χ4v) is 5.94. The van der Waals surface area contributed by atoms with Crippen LogP contribution in [0.5, 0.6) is 0 Å². The Morgan fingerprint density at radius 1 is 1.18 bits per heavy atom. The number of anilines is 1. The van der Waals surface area contributed by atoms with Gasteiger partial charge in [0.2, 0.25) is 0 Å². The van der Waals surface area contributed by atoms with Crippen molar-refractivity contribution in [3.05, 3.63) is 70.6 Å². The van der Waals surface area contributed by atoms with E-state index in [9.17, 15) is 18.0 Å². The van der Waals surface area contributed by atoms with E-state index in [4.69, 9.17) is 4.74 Å². The molecule has 1 atom stereocenters. The third-order valence-electron chi connectivity index (χ3n) is 8.18. The fraction of sp³-hybridized carbons (Fsp3) is 0.500. The van der Waals surface area contributed by atoms with Crippen LogP contribution in [0.4, 0.5) is 18.9 Å². The number of likely N-dealkylation sites (tertiary alicyclic amines) is 1. The van der Waals surface area contributed by atoms with Crippen molar-refractivity contribution >= 4 is 11.6 Å². The summed E-state index contributed by atoms with van der Waals surface area (Å²) < 4.78 is 49.0. The van der Waals surface area contributed by atoms with Crippen molar-refractivity contribution in [3.8, 4) is 0 Å². The summed E-state index contributed by atoms with van der Waals surface area (Å²) in [6.45, 7) is 5.33. The van der Waals surface area contributed by atoms with Gasteiger partial charge in [0.25, 0.3) is 5.91 Å². The molecular weight excluding hydrogens is 509 g/mol. The zero-order chi connectivity index (χ0) is 27.4. The molecule has 6 rings (SSSR count). The molecule has 3 aromatic rings. The molecule has 5 heterocycles. The minimum Gasteiger partial charge on any atom is -0.379 e. The Morgan fingerprint density at radius 3 is 2.67 bits per heavy atom. The molecule has 0 radical (unpaired) electrons. The number of carbonyl (C=O) groups excluding carboxylic acids is 1. The van der Waals surface area contributed by atoms with Gasteiger partial charge in [0.15, 0.2) is 0 Å². The first kappa shape index (κ1) is 25.9. The summed E-state index contributed by atoms with van der Waals surface area (Å²) in [5.74, 6) is 1.00. The van der Waals surface area contributed by atoms with Crippen LogP contribution < -0.4 is 4.90 Å². The number of aryl methyl sites for hydroxylation is 1. The van der Waals surface area contributed by atoms with Gasteiger partial charge in [-0.05, 0) is 54.6 Å². The second-order valence-electron chi connectivity index (χ2n) is 11.3. The van der Waals surface area contributed by atoms with Crippen molar-refractivity contribution in [1.82, 2.24) is 24.6 Å². The zero-order valence-electron chi connectivity index (χ0n) is 22.0. The largest absolute Gasteiger partial charge is 0.433 e. The molecule has 2 aromatic heterocycles. The number of carbonyl (C=O) groups is 1. The maximum Gasteiger partial charge on any atom is 0.433 e. The number of hydrogen-bond donors (Lipinski definition) is 0. The Morgan fingerprint density at radius 2 is 2.00 bits per heavy atom. The first-order valence-electron chi connectivity index (χ1n) is 13.3. The van der Waals surface area contributed by atoms with E-state index in [1.807, 2.05) is 29.8 Å². The summed E-state index contributed by atoms with van der Waals surface area (Å²) in [5.41, 5.74) is 1.49. The van der Waals surface area contributed by atoms with Crippen LogP contribution in [0, 0.1) is 5.92 Å². The number of amides is 1. The number of fused-ring (bicyclic) bond motifs is 1. The van der Waals surface area contributed by atoms with Crippen LogP contribution >= 0.6 is 0 Å². The third-order valence-corrected chi connectivity index (χ3v) is 8.18. The summed E-state index contributed by atoms with van der Waals surface area (Å²) in [7, 11) is 1.89. The molecule has 206 valence electrons. The maximum absolute atomic E-state index is 13.8. The predicted octanol–water partition coefficient (Wildman–Crippen LogP) is 4.13. The third kappa shape index (κ3) is 4.93. The molecule has 11 heteroatoms. The Labute approximate surface area is 224 Å². The summed E-state index contributed by atoms with van der Waals surface area (Å²) in [4.78, 5) is 21.1. The SMILES string of the molecule is C[C@H]1CCCN(Cc2cc(N3Cc4ccc(C5(Cc6nncn6C)COC5)cc4C3=O)cc(C(F)(F)F)n2)C1. The van der Waals surface area contributed by atoms with Crippen molar-refractivity contribution in [3.63, 3.8) is 0 Å². The van der Waals surface area contributed by atoms with E-state index in [0.717, 1.165) is 48.9 Å². The lowest BCUT2D eigenvalue weighted by molar-refractivity contribution is -0.141. The molecule has 8 nitrogen and oxygen atoms in total. The molecule has 39 heavy (non-hydrogen) atoms. The number of hydrogen-bond acceptors (Lipinski definition) is 6. The van der Waals surface area contributed by atoms with Crippen molar-refractivity contribution < 1.29 is 22.7 Å². The smallest absolute Gasteiger partial charge is 0.379 e. The number of pyridine rings is 1. The monoisotopic (exact) mass is 540 g/mol. The Bertz CT molecular complexity index is 1400. The average Bonchev–Trinajstić information content (AvgIpc) is 3.42. The van der Waals surface area contributed by atoms with Crippen molar-refractivity contribution in [2.24, 2.45) is 13.0 Å². The van der Waals surface area contributed by atoms with Crippen LogP contribution in [0.1, 0.15) is 58.5 Å². The van der Waals surface area contributed by atoms with Gasteiger partial charge in [-0.2, -0.15) is 13.2 Å². The lowest BCUT2D eigenvalue weighted by Gasteiger charge is -2.41. The van der Waals surface area contributed by atoms with Crippen LogP contribution in [0.15, 0.2) is 36.7 Å². The second-order valence-corrected chi connectivity index (χ2v) is 11.3. The number of rotatable bonds is 6. The Hall–Kier alpha value is -3.31. The highest BCUT2D eigenvalue weighted by atomic mass is 19.4. The van der Waals surface area contributed by atoms with E-state index in [-0.39, 0.29) is 23.6 Å². The van der Waals surface area contributed by atoms with E-state index in [2.05, 4.69) is 27.0 Å². The number of piperidine rings is 1. The van der Waals surface area contributed by atoms with E-state index in [1.165, 1.54) is 4.90 Å². The highest BCUT2D eigenvalue weighted by Crippen LogP contribution is 2.39. The minimum absolute atomic E-state index is 0.211. The summed E-state index contributed by atoms with van der Waals surface area (Å²) in [6.07, 6.45) is -0.224. The number of aromatic nitrogens is 4. The van der Waals surface area contributed by atoms with Crippen molar-refractivity contribution in [2.75, 3.05) is 31.2 Å². The van der Waals surface area contributed by atoms with E-state index in [0.29, 0.717) is 43.4 Å². The van der Waals surface area contributed by atoms with Crippen LogP contribution in [0.25, 0.3) is 0 Å². The van der Waals surface area contributed by atoms with Gasteiger partial charge in [-0.1, -0.05) is 19.1 Å². The molecule has 2 fully saturated rings. The topological polar surface area (TPSA) is 76.4 Å². The van der Waals surface area contributed by atoms with E-state index in [1.54, 1.807) is 12.4 Å². The Kier molecular flexibility index (Phi) is 6.46. The van der Waals surface area contributed by atoms with Crippen LogP contribution in [0.3, 0.4) is 0 Å². The van der Waals surface area contributed by atoms with Gasteiger partial charge in [0, 0.05) is 43.2 Å². The number of alkyl halides is 3. The van der Waals surface area contributed by atoms with Gasteiger partial charge in [0.05, 0.1) is 25.5 Å². The van der Waals surface area contributed by atoms with Gasteiger partial charge >= 0.3 is 6.18 Å². The van der Waals surface area contributed by atoms with E-state index >= 15 is 0 Å². The molecule has 3 aliphatic rings. The number of halogens is 3. The molecule has 2 saturated heterocycles. The molecule has 1 amide bonds. The summed E-state index contributed by atoms with van der Waals surface area (Å²) in [5, 5.41) is 8.18. The molecule has 1 aromatic carbocycles. The van der Waals surface area contributed by atoms with Gasteiger partial charge in [0.1, 0.15) is 17.8 Å². The second kappa shape index (κ2) is 9.71. The lowest BCUT2D eigenvalue weighted by atomic mass is 9.75. The standard InChI is InChI=1S/C28H31F3N6O2/c1-18-4-3-7-36(12-18)14-21-9-22(10-24(33-21)28(29,30)31)37-13-19-5-6-20(8-23(19)26(37)38)27(15-39-16-27)11-25-34-32-17-35(25)2/h5-6,8-10,17-18H,3-4,7,11-16H2,1-2H3/t18-/m0/s1. The van der Waals surface area contributed by atoms with Crippen molar-refractivity contribution in [1.29, 1.82) is 0 Å². The van der Waals surface area contributed by atoms with E-state index < -0.39 is 11.9 Å². The minimum atomic E-state index is -4.61. The molecule has 0 N–H and O–H groups in total. The van der Waals surface area contributed by atoms with Crippen molar-refractivity contribution in [2.45, 2.75) is 50.9 Å².